The highest BCUT2D eigenvalue weighted by molar-refractivity contribution is 9.10. The first-order valence-electron chi connectivity index (χ1n) is 6.95. The second-order valence-corrected chi connectivity index (χ2v) is 5.58. The number of nitro groups is 1. The van der Waals surface area contributed by atoms with Gasteiger partial charge in [0.1, 0.15) is 0 Å². The highest BCUT2D eigenvalue weighted by Gasteiger charge is 2.15. The van der Waals surface area contributed by atoms with E-state index < -0.39 is 10.8 Å². The Labute approximate surface area is 141 Å². The van der Waals surface area contributed by atoms with Crippen LogP contribution < -0.4 is 10.1 Å². The van der Waals surface area contributed by atoms with E-state index in [1.54, 1.807) is 12.1 Å². The molecule has 7 heteroatoms. The van der Waals surface area contributed by atoms with E-state index in [0.717, 1.165) is 16.5 Å². The third-order valence-electron chi connectivity index (χ3n) is 3.14. The fourth-order valence-electron chi connectivity index (χ4n) is 1.94. The van der Waals surface area contributed by atoms with E-state index in [-0.39, 0.29) is 18.0 Å². The van der Waals surface area contributed by atoms with Crippen LogP contribution in [0.1, 0.15) is 12.5 Å². The number of para-hydroxylation sites is 2. The molecule has 1 N–H and O–H groups in total. The quantitative estimate of drug-likeness (QED) is 0.609. The SMILES string of the molecule is CCc1ccc(NC(=O)COc2ccccc2[N+](=O)[O-])c(Br)c1. The van der Waals surface area contributed by atoms with Crippen LogP contribution in [0.15, 0.2) is 46.9 Å². The first kappa shape index (κ1) is 17.0. The molecule has 0 radical (unpaired) electrons. The van der Waals surface area contributed by atoms with Gasteiger partial charge in [-0.3, -0.25) is 14.9 Å². The first-order valence-corrected chi connectivity index (χ1v) is 7.75. The van der Waals surface area contributed by atoms with Crippen molar-refractivity contribution in [1.29, 1.82) is 0 Å². The molecule has 0 atom stereocenters. The maximum absolute atomic E-state index is 11.9. The molecule has 120 valence electrons. The molecule has 6 nitrogen and oxygen atoms in total. The molecule has 0 aliphatic carbocycles. The zero-order valence-electron chi connectivity index (χ0n) is 12.4. The fourth-order valence-corrected chi connectivity index (χ4v) is 2.46. The Morgan fingerprint density at radius 1 is 1.30 bits per heavy atom. The number of anilines is 1. The topological polar surface area (TPSA) is 81.5 Å². The Morgan fingerprint density at radius 3 is 2.70 bits per heavy atom. The lowest BCUT2D eigenvalue weighted by molar-refractivity contribution is -0.385. The van der Waals surface area contributed by atoms with Crippen LogP contribution in [0.3, 0.4) is 0 Å². The highest BCUT2D eigenvalue weighted by Crippen LogP contribution is 2.26. The van der Waals surface area contributed by atoms with Gasteiger partial charge in [0.15, 0.2) is 12.4 Å². The van der Waals surface area contributed by atoms with E-state index in [0.29, 0.717) is 5.69 Å². The van der Waals surface area contributed by atoms with Gasteiger partial charge in [0.25, 0.3) is 5.91 Å². The van der Waals surface area contributed by atoms with Gasteiger partial charge in [-0.1, -0.05) is 25.1 Å². The summed E-state index contributed by atoms with van der Waals surface area (Å²) in [6.45, 7) is 1.73. The van der Waals surface area contributed by atoms with Crippen molar-refractivity contribution in [2.45, 2.75) is 13.3 Å². The second-order valence-electron chi connectivity index (χ2n) is 4.73. The van der Waals surface area contributed by atoms with Crippen LogP contribution in [0.2, 0.25) is 0 Å². The summed E-state index contributed by atoms with van der Waals surface area (Å²) in [7, 11) is 0. The maximum atomic E-state index is 11.9. The Hall–Kier alpha value is -2.41. The van der Waals surface area contributed by atoms with E-state index in [4.69, 9.17) is 4.74 Å². The number of halogens is 1. The molecule has 0 saturated carbocycles. The van der Waals surface area contributed by atoms with Crippen molar-refractivity contribution in [3.63, 3.8) is 0 Å². The Kier molecular flexibility index (Phi) is 5.70. The van der Waals surface area contributed by atoms with E-state index >= 15 is 0 Å². The van der Waals surface area contributed by atoms with Crippen LogP contribution in [0.25, 0.3) is 0 Å². The molecule has 0 fully saturated rings. The summed E-state index contributed by atoms with van der Waals surface area (Å²) in [6.07, 6.45) is 0.896. The Morgan fingerprint density at radius 2 is 2.04 bits per heavy atom. The van der Waals surface area contributed by atoms with Crippen LogP contribution in [-0.4, -0.2) is 17.4 Å². The van der Waals surface area contributed by atoms with E-state index in [1.807, 2.05) is 19.1 Å². The summed E-state index contributed by atoms with van der Waals surface area (Å²) < 4.78 is 6.02. The summed E-state index contributed by atoms with van der Waals surface area (Å²) in [5, 5.41) is 13.6. The minimum atomic E-state index is -0.548. The van der Waals surface area contributed by atoms with Crippen molar-refractivity contribution >= 4 is 33.2 Å². The van der Waals surface area contributed by atoms with Gasteiger partial charge in [0.2, 0.25) is 0 Å². The lowest BCUT2D eigenvalue weighted by atomic mass is 10.1. The first-order chi connectivity index (χ1) is 11.0. The van der Waals surface area contributed by atoms with Crippen LogP contribution in [0.4, 0.5) is 11.4 Å². The van der Waals surface area contributed by atoms with Crippen molar-refractivity contribution in [3.8, 4) is 5.75 Å². The van der Waals surface area contributed by atoms with Gasteiger partial charge in [0, 0.05) is 10.5 Å². The summed E-state index contributed by atoms with van der Waals surface area (Å²) in [5.41, 5.74) is 1.60. The van der Waals surface area contributed by atoms with Crippen LogP contribution >= 0.6 is 15.9 Å². The lowest BCUT2D eigenvalue weighted by Crippen LogP contribution is -2.20. The Bertz CT molecular complexity index is 734. The van der Waals surface area contributed by atoms with Crippen molar-refractivity contribution in [2.24, 2.45) is 0 Å². The van der Waals surface area contributed by atoms with Crippen molar-refractivity contribution in [2.75, 3.05) is 11.9 Å². The van der Waals surface area contributed by atoms with Crippen molar-refractivity contribution < 1.29 is 14.5 Å². The van der Waals surface area contributed by atoms with Crippen LogP contribution in [0.5, 0.6) is 5.75 Å². The largest absolute Gasteiger partial charge is 0.477 e. The molecule has 0 saturated heterocycles. The highest BCUT2D eigenvalue weighted by atomic mass is 79.9. The number of rotatable bonds is 6. The minimum absolute atomic E-state index is 0.0630. The third-order valence-corrected chi connectivity index (χ3v) is 3.79. The lowest BCUT2D eigenvalue weighted by Gasteiger charge is -2.10. The number of ether oxygens (including phenoxy) is 1. The number of benzene rings is 2. The number of aryl methyl sites for hydroxylation is 1. The van der Waals surface area contributed by atoms with Gasteiger partial charge in [0.05, 0.1) is 10.6 Å². The number of carbonyl (C=O) groups excluding carboxylic acids is 1. The van der Waals surface area contributed by atoms with Crippen molar-refractivity contribution in [1.82, 2.24) is 0 Å². The van der Waals surface area contributed by atoms with Gasteiger partial charge in [-0.2, -0.15) is 0 Å². The van der Waals surface area contributed by atoms with Gasteiger partial charge in [-0.25, -0.2) is 0 Å². The monoisotopic (exact) mass is 378 g/mol. The smallest absolute Gasteiger partial charge is 0.310 e. The standard InChI is InChI=1S/C16H15BrN2O4/c1-2-11-7-8-13(12(17)9-11)18-16(20)10-23-15-6-4-3-5-14(15)19(21)22/h3-9H,2,10H2,1H3,(H,18,20). The molecule has 0 unspecified atom stereocenters. The zero-order chi connectivity index (χ0) is 16.8. The van der Waals surface area contributed by atoms with Gasteiger partial charge in [-0.15, -0.1) is 0 Å². The van der Waals surface area contributed by atoms with E-state index in [9.17, 15) is 14.9 Å². The van der Waals surface area contributed by atoms with Gasteiger partial charge in [-0.05, 0) is 46.1 Å². The molecule has 0 spiro atoms. The summed E-state index contributed by atoms with van der Waals surface area (Å²) in [5.74, 6) is -0.332. The summed E-state index contributed by atoms with van der Waals surface area (Å²) in [6, 6.07) is 11.6. The second kappa shape index (κ2) is 7.73. The predicted molar refractivity (Wildman–Crippen MR) is 90.7 cm³/mol. The average molecular weight is 379 g/mol. The molecular weight excluding hydrogens is 364 g/mol. The molecular formula is C16H15BrN2O4. The number of hydrogen-bond donors (Lipinski definition) is 1. The zero-order valence-corrected chi connectivity index (χ0v) is 14.0. The minimum Gasteiger partial charge on any atom is -0.477 e. The molecule has 23 heavy (non-hydrogen) atoms. The number of nitrogens with one attached hydrogen (secondary N) is 1. The number of amides is 1. The number of nitrogens with zero attached hydrogens (tertiary/aromatic N) is 1. The molecule has 2 rings (SSSR count). The van der Waals surface area contributed by atoms with Gasteiger partial charge < -0.3 is 10.1 Å². The van der Waals surface area contributed by atoms with Crippen LogP contribution in [-0.2, 0) is 11.2 Å². The molecule has 0 heterocycles. The molecule has 0 aromatic heterocycles. The molecule has 2 aromatic rings. The number of nitro benzene ring substituents is 1. The predicted octanol–water partition coefficient (Wildman–Crippen LogP) is 3.94. The summed E-state index contributed by atoms with van der Waals surface area (Å²) in [4.78, 5) is 22.3. The maximum Gasteiger partial charge on any atom is 0.310 e. The van der Waals surface area contributed by atoms with Gasteiger partial charge >= 0.3 is 5.69 Å². The number of hydrogen-bond acceptors (Lipinski definition) is 4. The number of carbonyl (C=O) groups is 1. The third kappa shape index (κ3) is 4.53. The molecule has 1 amide bonds. The van der Waals surface area contributed by atoms with E-state index in [1.165, 1.54) is 18.2 Å². The van der Waals surface area contributed by atoms with E-state index in [2.05, 4.69) is 21.2 Å². The Balaban J connectivity index is 2.00. The average Bonchev–Trinajstić information content (AvgIpc) is 2.55. The normalized spacial score (nSPS) is 10.2. The molecule has 0 aliphatic rings. The summed E-state index contributed by atoms with van der Waals surface area (Å²) >= 11 is 3.40. The molecule has 0 bridgehead atoms. The fraction of sp³-hybridized carbons (Fsp3) is 0.188. The molecule has 0 aliphatic heterocycles. The van der Waals surface area contributed by atoms with Crippen molar-refractivity contribution in [3.05, 3.63) is 62.6 Å². The molecule has 2 aromatic carbocycles. The van der Waals surface area contributed by atoms with Crippen LogP contribution in [0, 0.1) is 10.1 Å².